The average molecular weight is 264 g/mol. The Labute approximate surface area is 112 Å². The van der Waals surface area contributed by atoms with Gasteiger partial charge in [0.1, 0.15) is 0 Å². The molecule has 4 nitrogen and oxygen atoms in total. The van der Waals surface area contributed by atoms with Crippen LogP contribution in [0.5, 0.6) is 0 Å². The zero-order valence-electron chi connectivity index (χ0n) is 13.7. The van der Waals surface area contributed by atoms with Gasteiger partial charge in [0.05, 0.1) is 5.41 Å². The summed E-state index contributed by atoms with van der Waals surface area (Å²) in [5.41, 5.74) is -0.0833. The lowest BCUT2D eigenvalue weighted by molar-refractivity contribution is -0.145. The summed E-state index contributed by atoms with van der Waals surface area (Å²) in [7, 11) is 0. The summed E-state index contributed by atoms with van der Waals surface area (Å²) in [6.45, 7) is 18.8. The Hall–Kier alpha value is -1.06. The van der Waals surface area contributed by atoms with Gasteiger partial charge in [-0.05, 0) is 26.2 Å². The number of hydrogen-bond donors (Lipinski definition) is 2. The highest BCUT2D eigenvalue weighted by Crippen LogP contribution is 2.11. The highest BCUT2D eigenvalue weighted by atomic mass is 16.4. The molecule has 0 saturated heterocycles. The maximum atomic E-state index is 10.0. The van der Waals surface area contributed by atoms with Crippen molar-refractivity contribution in [1.29, 1.82) is 0 Å². The van der Waals surface area contributed by atoms with Crippen LogP contribution in [0.25, 0.3) is 0 Å². The molecule has 4 heteroatoms. The minimum atomic E-state index is -0.833. The molecule has 0 radical (unpaired) electrons. The molecular weight excluding hydrogens is 232 g/mol. The first-order valence-corrected chi connectivity index (χ1v) is 6.11. The Morgan fingerprint density at radius 2 is 0.833 bits per heavy atom. The van der Waals surface area contributed by atoms with Crippen molar-refractivity contribution in [3.8, 4) is 0 Å². The topological polar surface area (TPSA) is 74.6 Å². The molecule has 0 aliphatic heterocycles. The van der Waals surface area contributed by atoms with E-state index in [9.17, 15) is 4.79 Å². The van der Waals surface area contributed by atoms with Gasteiger partial charge in [-0.15, -0.1) is 0 Å². The van der Waals surface area contributed by atoms with Gasteiger partial charge >= 0.3 is 5.97 Å². The van der Waals surface area contributed by atoms with Crippen LogP contribution in [0.4, 0.5) is 0 Å². The van der Waals surface area contributed by atoms with Crippen molar-refractivity contribution in [2.24, 2.45) is 10.8 Å². The monoisotopic (exact) mass is 264 g/mol. The predicted octanol–water partition coefficient (Wildman–Crippen LogP) is 4.29. The van der Waals surface area contributed by atoms with E-state index in [0.717, 1.165) is 6.92 Å². The Bertz CT molecular complexity index is 197. The maximum absolute atomic E-state index is 10.0. The lowest BCUT2D eigenvalue weighted by atomic mass is 9.98. The number of hydrogen-bond acceptors (Lipinski definition) is 2. The lowest BCUT2D eigenvalue weighted by Gasteiger charge is -2.08. The standard InChI is InChI=1S/C5H10O2.C5H12.C2H4O2.C2H6/c1-5(2,3)4(6)7;1-5(2,3)4;1-2(3)4;1-2/h1-3H3,(H,6,7);1-4H3;1H3,(H,3,4);1-2H3. The summed E-state index contributed by atoms with van der Waals surface area (Å²) in [5, 5.41) is 15.7. The first-order chi connectivity index (χ1) is 7.68. The van der Waals surface area contributed by atoms with Crippen LogP contribution in [0.15, 0.2) is 0 Å². The molecule has 18 heavy (non-hydrogen) atoms. The van der Waals surface area contributed by atoms with E-state index < -0.39 is 17.4 Å². The van der Waals surface area contributed by atoms with Gasteiger partial charge in [-0.2, -0.15) is 0 Å². The summed E-state index contributed by atoms with van der Waals surface area (Å²) >= 11 is 0. The molecule has 0 rings (SSSR count). The Balaban J connectivity index is -0.0000000791. The number of carboxylic acids is 2. The van der Waals surface area contributed by atoms with Crippen molar-refractivity contribution in [2.45, 2.75) is 69.2 Å². The Kier molecular flexibility index (Phi) is 17.7. The molecule has 0 aliphatic rings. The third kappa shape index (κ3) is 119. The van der Waals surface area contributed by atoms with Crippen molar-refractivity contribution < 1.29 is 19.8 Å². The van der Waals surface area contributed by atoms with Gasteiger partial charge in [0, 0.05) is 6.92 Å². The van der Waals surface area contributed by atoms with Gasteiger partial charge < -0.3 is 10.2 Å². The van der Waals surface area contributed by atoms with E-state index in [1.807, 2.05) is 13.8 Å². The third-order valence-corrected chi connectivity index (χ3v) is 0.642. The molecule has 112 valence electrons. The number of carbonyl (C=O) groups is 2. The van der Waals surface area contributed by atoms with E-state index in [1.165, 1.54) is 0 Å². The van der Waals surface area contributed by atoms with Gasteiger partial charge in [0.15, 0.2) is 0 Å². The van der Waals surface area contributed by atoms with Gasteiger partial charge in [-0.25, -0.2) is 0 Å². The second-order valence-electron chi connectivity index (χ2n) is 6.07. The molecule has 0 amide bonds. The molecule has 0 bridgehead atoms. The number of carboxylic acid groups (broad SMARTS) is 2. The van der Waals surface area contributed by atoms with Crippen LogP contribution in [-0.4, -0.2) is 22.2 Å². The Morgan fingerprint density at radius 3 is 0.833 bits per heavy atom. The van der Waals surface area contributed by atoms with E-state index in [4.69, 9.17) is 15.0 Å². The van der Waals surface area contributed by atoms with E-state index in [1.54, 1.807) is 20.8 Å². The largest absolute Gasteiger partial charge is 0.481 e. The van der Waals surface area contributed by atoms with Crippen molar-refractivity contribution in [2.75, 3.05) is 0 Å². The van der Waals surface area contributed by atoms with Crippen molar-refractivity contribution in [3.63, 3.8) is 0 Å². The van der Waals surface area contributed by atoms with Gasteiger partial charge in [-0.1, -0.05) is 41.5 Å². The van der Waals surface area contributed by atoms with Crippen molar-refractivity contribution in [3.05, 3.63) is 0 Å². The molecule has 0 fully saturated rings. The van der Waals surface area contributed by atoms with Gasteiger partial charge in [0.2, 0.25) is 0 Å². The summed E-state index contributed by atoms with van der Waals surface area (Å²) < 4.78 is 0. The van der Waals surface area contributed by atoms with E-state index >= 15 is 0 Å². The van der Waals surface area contributed by atoms with Crippen LogP contribution in [0, 0.1) is 10.8 Å². The summed E-state index contributed by atoms with van der Waals surface area (Å²) in [5.74, 6) is -1.59. The number of aliphatic carboxylic acids is 2. The average Bonchev–Trinajstić information content (AvgIpc) is 2.01. The molecule has 0 aromatic carbocycles. The normalized spacial score (nSPS) is 9.44. The summed E-state index contributed by atoms with van der Waals surface area (Å²) in [6, 6.07) is 0. The van der Waals surface area contributed by atoms with Crippen LogP contribution in [0.1, 0.15) is 69.2 Å². The molecule has 0 heterocycles. The van der Waals surface area contributed by atoms with E-state index in [-0.39, 0.29) is 0 Å². The fourth-order valence-corrected chi connectivity index (χ4v) is 0. The molecule has 0 spiro atoms. The highest BCUT2D eigenvalue weighted by Gasteiger charge is 2.18. The molecule has 0 atom stereocenters. The molecule has 0 unspecified atom stereocenters. The van der Waals surface area contributed by atoms with Crippen LogP contribution in [0.3, 0.4) is 0 Å². The zero-order valence-corrected chi connectivity index (χ0v) is 13.7. The molecule has 2 N–H and O–H groups in total. The Morgan fingerprint density at radius 1 is 0.778 bits per heavy atom. The second kappa shape index (κ2) is 12.4. The zero-order chi connectivity index (χ0) is 16.2. The van der Waals surface area contributed by atoms with Crippen LogP contribution in [-0.2, 0) is 9.59 Å². The molecular formula is C14H32O4. The second-order valence-corrected chi connectivity index (χ2v) is 6.07. The molecule has 0 saturated carbocycles. The van der Waals surface area contributed by atoms with E-state index in [2.05, 4.69) is 27.7 Å². The minimum absolute atomic E-state index is 0.500. The number of rotatable bonds is 0. The molecule has 0 aliphatic carbocycles. The van der Waals surface area contributed by atoms with Crippen LogP contribution in [0.2, 0.25) is 0 Å². The van der Waals surface area contributed by atoms with Gasteiger partial charge in [0.25, 0.3) is 5.97 Å². The first kappa shape index (κ1) is 25.7. The lowest BCUT2D eigenvalue weighted by Crippen LogP contribution is -2.18. The fraction of sp³-hybridized carbons (Fsp3) is 0.857. The SMILES string of the molecule is CC.CC(=O)O.CC(C)(C)C.CC(C)(C)C(=O)O. The van der Waals surface area contributed by atoms with E-state index in [0.29, 0.717) is 5.41 Å². The predicted molar refractivity (Wildman–Crippen MR) is 76.9 cm³/mol. The van der Waals surface area contributed by atoms with Gasteiger partial charge in [-0.3, -0.25) is 9.59 Å². The van der Waals surface area contributed by atoms with Crippen molar-refractivity contribution >= 4 is 11.9 Å². The minimum Gasteiger partial charge on any atom is -0.481 e. The van der Waals surface area contributed by atoms with Crippen molar-refractivity contribution in [1.82, 2.24) is 0 Å². The summed E-state index contributed by atoms with van der Waals surface area (Å²) in [6.07, 6.45) is 0. The molecule has 0 aromatic rings. The van der Waals surface area contributed by atoms with Crippen LogP contribution >= 0.6 is 0 Å². The third-order valence-electron chi connectivity index (χ3n) is 0.642. The summed E-state index contributed by atoms with van der Waals surface area (Å²) in [4.78, 5) is 19.0. The van der Waals surface area contributed by atoms with Crippen LogP contribution < -0.4 is 0 Å². The fourth-order valence-electron chi connectivity index (χ4n) is 0. The highest BCUT2D eigenvalue weighted by molar-refractivity contribution is 5.72. The molecule has 0 aromatic heterocycles. The quantitative estimate of drug-likeness (QED) is 0.684. The smallest absolute Gasteiger partial charge is 0.308 e. The maximum Gasteiger partial charge on any atom is 0.308 e. The first-order valence-electron chi connectivity index (χ1n) is 6.11.